The van der Waals surface area contributed by atoms with Crippen molar-refractivity contribution in [2.24, 2.45) is 5.73 Å². The van der Waals surface area contributed by atoms with Gasteiger partial charge in [-0.1, -0.05) is 0 Å². The van der Waals surface area contributed by atoms with E-state index in [-0.39, 0.29) is 0 Å². The fourth-order valence-corrected chi connectivity index (χ4v) is 5.08. The topological polar surface area (TPSA) is 29.3 Å². The minimum Gasteiger partial charge on any atom is -0.354 e. The molecular weight excluding hydrogens is 204 g/mol. The van der Waals surface area contributed by atoms with E-state index in [2.05, 4.69) is 16.2 Å². The van der Waals surface area contributed by atoms with Gasteiger partial charge in [-0.2, -0.15) is 0 Å². The van der Waals surface area contributed by atoms with Crippen molar-refractivity contribution in [3.8, 4) is 0 Å². The fourth-order valence-electron chi connectivity index (χ4n) is 3.50. The van der Waals surface area contributed by atoms with Crippen molar-refractivity contribution in [3.63, 3.8) is 0 Å². The highest BCUT2D eigenvalue weighted by atomic mass is 32.1. The molecule has 2 nitrogen and oxygen atoms in total. The molecule has 1 aromatic heterocycles. The third-order valence-electron chi connectivity index (χ3n) is 4.25. The smallest absolute Gasteiger partial charge is 0.0850 e. The van der Waals surface area contributed by atoms with Gasteiger partial charge in [-0.15, -0.1) is 11.3 Å². The summed E-state index contributed by atoms with van der Waals surface area (Å²) in [7, 11) is 0. The van der Waals surface area contributed by atoms with Crippen LogP contribution in [0.25, 0.3) is 0 Å². The molecule has 2 unspecified atom stereocenters. The minimum absolute atomic E-state index is 0.304. The number of hydrogen-bond donors (Lipinski definition) is 1. The van der Waals surface area contributed by atoms with Gasteiger partial charge in [-0.3, -0.25) is 0 Å². The van der Waals surface area contributed by atoms with Crippen LogP contribution in [0.1, 0.15) is 40.5 Å². The van der Waals surface area contributed by atoms with Crippen LogP contribution in [0.5, 0.6) is 0 Å². The zero-order valence-electron chi connectivity index (χ0n) is 8.83. The molecule has 3 heterocycles. The van der Waals surface area contributed by atoms with Crippen molar-refractivity contribution in [1.82, 2.24) is 0 Å². The van der Waals surface area contributed by atoms with Crippen LogP contribution in [-0.2, 0) is 12.8 Å². The molecule has 2 aliphatic heterocycles. The van der Waals surface area contributed by atoms with Crippen LogP contribution in [0, 0.1) is 0 Å². The Balaban J connectivity index is 1.92. The van der Waals surface area contributed by atoms with E-state index in [4.69, 9.17) is 5.73 Å². The zero-order chi connectivity index (χ0) is 9.99. The molecule has 1 fully saturated rings. The highest BCUT2D eigenvalue weighted by molar-refractivity contribution is 7.13. The fraction of sp³-hybridized carbons (Fsp3) is 0.667. The maximum atomic E-state index is 6.24. The molecule has 1 aromatic rings. The Morgan fingerprint density at radius 3 is 3.07 bits per heavy atom. The summed E-state index contributed by atoms with van der Waals surface area (Å²) in [5.74, 6) is 0.663. The normalized spacial score (nSPS) is 31.9. The SMILES string of the molecule is NC1C2CCN1c1c2sc2c1CCCC2. The number of rotatable bonds is 0. The quantitative estimate of drug-likeness (QED) is 0.726. The molecule has 1 saturated heterocycles. The van der Waals surface area contributed by atoms with Gasteiger partial charge in [0.15, 0.2) is 0 Å². The first kappa shape index (κ1) is 8.59. The Morgan fingerprint density at radius 1 is 1.27 bits per heavy atom. The first-order valence-corrected chi connectivity index (χ1v) is 6.84. The zero-order valence-corrected chi connectivity index (χ0v) is 9.65. The second-order valence-corrected chi connectivity index (χ2v) is 6.14. The summed E-state index contributed by atoms with van der Waals surface area (Å²) in [5.41, 5.74) is 9.48. The van der Waals surface area contributed by atoms with E-state index < -0.39 is 0 Å². The largest absolute Gasteiger partial charge is 0.354 e. The summed E-state index contributed by atoms with van der Waals surface area (Å²) in [5, 5.41) is 0. The van der Waals surface area contributed by atoms with E-state index in [1.54, 1.807) is 21.0 Å². The predicted molar refractivity (Wildman–Crippen MR) is 63.6 cm³/mol. The van der Waals surface area contributed by atoms with E-state index >= 15 is 0 Å². The number of nitrogens with two attached hydrogens (primary N) is 1. The second kappa shape index (κ2) is 2.77. The molecule has 0 saturated carbocycles. The number of fused-ring (bicyclic) bond motifs is 7. The lowest BCUT2D eigenvalue weighted by Crippen LogP contribution is -2.35. The van der Waals surface area contributed by atoms with E-state index in [1.807, 2.05) is 0 Å². The van der Waals surface area contributed by atoms with Crippen LogP contribution in [0.15, 0.2) is 0 Å². The molecule has 3 heteroatoms. The summed E-state index contributed by atoms with van der Waals surface area (Å²) >= 11 is 2.07. The van der Waals surface area contributed by atoms with Crippen LogP contribution in [-0.4, -0.2) is 12.7 Å². The maximum Gasteiger partial charge on any atom is 0.0850 e. The minimum atomic E-state index is 0.304. The van der Waals surface area contributed by atoms with Crippen LogP contribution < -0.4 is 10.6 Å². The van der Waals surface area contributed by atoms with Crippen molar-refractivity contribution in [1.29, 1.82) is 0 Å². The van der Waals surface area contributed by atoms with Gasteiger partial charge in [0.1, 0.15) is 0 Å². The maximum absolute atomic E-state index is 6.24. The van der Waals surface area contributed by atoms with Gasteiger partial charge in [0, 0.05) is 22.2 Å². The van der Waals surface area contributed by atoms with Crippen molar-refractivity contribution in [2.45, 2.75) is 44.2 Å². The summed E-state index contributed by atoms with van der Waals surface area (Å²) in [6.45, 7) is 1.20. The Hall–Kier alpha value is -0.540. The molecule has 0 spiro atoms. The Morgan fingerprint density at radius 2 is 2.13 bits per heavy atom. The summed E-state index contributed by atoms with van der Waals surface area (Å²) in [4.78, 5) is 5.77. The van der Waals surface area contributed by atoms with Gasteiger partial charge in [0.05, 0.1) is 11.9 Å². The molecule has 4 rings (SSSR count). The Kier molecular flexibility index (Phi) is 1.59. The number of hydrogen-bond acceptors (Lipinski definition) is 3. The molecule has 1 aliphatic carbocycles. The van der Waals surface area contributed by atoms with Crippen LogP contribution in [0.2, 0.25) is 0 Å². The summed E-state index contributed by atoms with van der Waals surface area (Å²) in [6.07, 6.45) is 6.99. The molecule has 0 amide bonds. The van der Waals surface area contributed by atoms with E-state index in [0.29, 0.717) is 12.1 Å². The van der Waals surface area contributed by atoms with Crippen molar-refractivity contribution < 1.29 is 0 Å². The monoisotopic (exact) mass is 220 g/mol. The van der Waals surface area contributed by atoms with Crippen LogP contribution in [0.4, 0.5) is 5.69 Å². The van der Waals surface area contributed by atoms with Crippen LogP contribution in [0.3, 0.4) is 0 Å². The first-order valence-electron chi connectivity index (χ1n) is 6.03. The average Bonchev–Trinajstić information content (AvgIpc) is 2.87. The van der Waals surface area contributed by atoms with Gasteiger partial charge >= 0.3 is 0 Å². The average molecular weight is 220 g/mol. The molecule has 80 valence electrons. The third kappa shape index (κ3) is 0.936. The molecular formula is C12H16N2S. The molecule has 15 heavy (non-hydrogen) atoms. The molecule has 3 aliphatic rings. The molecule has 2 bridgehead atoms. The van der Waals surface area contributed by atoms with Crippen LogP contribution >= 0.6 is 11.3 Å². The van der Waals surface area contributed by atoms with E-state index in [0.717, 1.165) is 0 Å². The molecule has 2 N–H and O–H groups in total. The van der Waals surface area contributed by atoms with Gasteiger partial charge < -0.3 is 10.6 Å². The highest BCUT2D eigenvalue weighted by Gasteiger charge is 2.45. The Bertz CT molecular complexity index is 424. The molecule has 0 radical (unpaired) electrons. The van der Waals surface area contributed by atoms with Gasteiger partial charge in [0.25, 0.3) is 0 Å². The van der Waals surface area contributed by atoms with Gasteiger partial charge in [0.2, 0.25) is 0 Å². The van der Waals surface area contributed by atoms with Gasteiger partial charge in [-0.05, 0) is 37.7 Å². The van der Waals surface area contributed by atoms with E-state index in [1.165, 1.54) is 38.6 Å². The summed E-state index contributed by atoms with van der Waals surface area (Å²) < 4.78 is 0. The van der Waals surface area contributed by atoms with Gasteiger partial charge in [-0.25, -0.2) is 0 Å². The number of thiophene rings is 1. The Labute approximate surface area is 94.1 Å². The van der Waals surface area contributed by atoms with E-state index in [9.17, 15) is 0 Å². The van der Waals surface area contributed by atoms with Crippen molar-refractivity contribution >= 4 is 17.0 Å². The summed E-state index contributed by atoms with van der Waals surface area (Å²) in [6, 6.07) is 0. The number of aryl methyl sites for hydroxylation is 1. The number of nitrogens with zero attached hydrogens (tertiary/aromatic N) is 1. The highest BCUT2D eigenvalue weighted by Crippen LogP contribution is 2.54. The predicted octanol–water partition coefficient (Wildman–Crippen LogP) is 2.22. The molecule has 0 aromatic carbocycles. The lowest BCUT2D eigenvalue weighted by molar-refractivity contribution is 0.653. The third-order valence-corrected chi connectivity index (χ3v) is 5.66. The lowest BCUT2D eigenvalue weighted by Gasteiger charge is -2.22. The number of anilines is 1. The van der Waals surface area contributed by atoms with Crippen molar-refractivity contribution in [3.05, 3.63) is 15.3 Å². The standard InChI is InChI=1S/C12H16N2S/c13-12-8-5-6-14(12)10-7-3-1-2-4-9(7)15-11(8)10/h8,12H,1-6,13H2. The lowest BCUT2D eigenvalue weighted by atomic mass is 9.95. The first-order chi connectivity index (χ1) is 7.36. The molecule has 2 atom stereocenters. The second-order valence-electron chi connectivity index (χ2n) is 5.00. The van der Waals surface area contributed by atoms with Crippen molar-refractivity contribution in [2.75, 3.05) is 11.4 Å².